The molecule has 1 spiro atoms. The number of benzene rings is 1. The van der Waals surface area contributed by atoms with Crippen molar-refractivity contribution in [3.8, 4) is 5.75 Å². The molecule has 1 aliphatic heterocycles. The fourth-order valence-electron chi connectivity index (χ4n) is 4.61. The van der Waals surface area contributed by atoms with E-state index in [0.717, 1.165) is 12.8 Å². The van der Waals surface area contributed by atoms with Gasteiger partial charge in [0.25, 0.3) is 5.91 Å². The summed E-state index contributed by atoms with van der Waals surface area (Å²) in [6.45, 7) is 1.57. The predicted octanol–water partition coefficient (Wildman–Crippen LogP) is 3.00. The van der Waals surface area contributed by atoms with Crippen molar-refractivity contribution in [1.82, 2.24) is 10.3 Å². The van der Waals surface area contributed by atoms with Gasteiger partial charge in [0.1, 0.15) is 27.8 Å². The SMILES string of the molecule is COc1ccc(C(=O)Nc2ccc(F)c([C@]3(C)CS(=O)(=O)C4(CCCC4)C(=N)N3)c2)nc1. The molecule has 2 heterocycles. The summed E-state index contributed by atoms with van der Waals surface area (Å²) in [5.41, 5.74) is -0.838. The summed E-state index contributed by atoms with van der Waals surface area (Å²) in [7, 11) is -2.20. The van der Waals surface area contributed by atoms with Crippen LogP contribution in [0.25, 0.3) is 0 Å². The molecule has 1 aliphatic carbocycles. The zero-order valence-corrected chi connectivity index (χ0v) is 18.7. The maximum absolute atomic E-state index is 14.8. The summed E-state index contributed by atoms with van der Waals surface area (Å²) in [6, 6.07) is 7.07. The highest BCUT2D eigenvalue weighted by Crippen LogP contribution is 2.44. The number of aromatic nitrogens is 1. The van der Waals surface area contributed by atoms with Gasteiger partial charge in [0.2, 0.25) is 0 Å². The minimum atomic E-state index is -3.69. The largest absolute Gasteiger partial charge is 0.495 e. The van der Waals surface area contributed by atoms with Crippen molar-refractivity contribution in [2.75, 3.05) is 18.2 Å². The number of amides is 1. The molecule has 2 aromatic rings. The smallest absolute Gasteiger partial charge is 0.274 e. The number of sulfone groups is 1. The predicted molar refractivity (Wildman–Crippen MR) is 118 cm³/mol. The Bertz CT molecular complexity index is 1180. The first-order chi connectivity index (χ1) is 15.1. The van der Waals surface area contributed by atoms with Gasteiger partial charge in [-0.05, 0) is 50.1 Å². The van der Waals surface area contributed by atoms with Crippen molar-refractivity contribution in [3.05, 3.63) is 53.6 Å². The monoisotopic (exact) mass is 460 g/mol. The van der Waals surface area contributed by atoms with Crippen LogP contribution >= 0.6 is 0 Å². The third-order valence-corrected chi connectivity index (χ3v) is 9.13. The minimum Gasteiger partial charge on any atom is -0.495 e. The van der Waals surface area contributed by atoms with E-state index >= 15 is 0 Å². The van der Waals surface area contributed by atoms with E-state index in [1.165, 1.54) is 37.6 Å². The number of methoxy groups -OCH3 is 1. The number of carbonyl (C=O) groups excluding carboxylic acids is 1. The van der Waals surface area contributed by atoms with Crippen molar-refractivity contribution in [2.24, 2.45) is 0 Å². The van der Waals surface area contributed by atoms with Crippen LogP contribution in [-0.2, 0) is 15.4 Å². The molecule has 0 unspecified atom stereocenters. The third kappa shape index (κ3) is 3.62. The van der Waals surface area contributed by atoms with E-state index in [-0.39, 0.29) is 28.5 Å². The van der Waals surface area contributed by atoms with Gasteiger partial charge in [0.15, 0.2) is 9.84 Å². The fourth-order valence-corrected chi connectivity index (χ4v) is 7.14. The molecule has 2 aliphatic rings. The Labute approximate surface area is 186 Å². The van der Waals surface area contributed by atoms with E-state index in [1.807, 2.05) is 0 Å². The van der Waals surface area contributed by atoms with E-state index in [2.05, 4.69) is 15.6 Å². The molecule has 1 saturated heterocycles. The highest BCUT2D eigenvalue weighted by Gasteiger charge is 2.57. The summed E-state index contributed by atoms with van der Waals surface area (Å²) in [4.78, 5) is 16.6. The molecule has 170 valence electrons. The summed E-state index contributed by atoms with van der Waals surface area (Å²) in [6.07, 6.45) is 3.72. The lowest BCUT2D eigenvalue weighted by Crippen LogP contribution is -2.65. The molecule has 1 aromatic carbocycles. The van der Waals surface area contributed by atoms with Gasteiger partial charge >= 0.3 is 0 Å². The van der Waals surface area contributed by atoms with Crippen LogP contribution in [0.1, 0.15) is 48.7 Å². The Hall–Kier alpha value is -3.01. The molecule has 3 N–H and O–H groups in total. The molecule has 1 saturated carbocycles. The molecule has 1 aromatic heterocycles. The van der Waals surface area contributed by atoms with E-state index in [9.17, 15) is 17.6 Å². The van der Waals surface area contributed by atoms with Crippen LogP contribution < -0.4 is 15.4 Å². The number of carbonyl (C=O) groups is 1. The number of halogens is 1. The number of rotatable bonds is 4. The summed E-state index contributed by atoms with van der Waals surface area (Å²) in [5.74, 6) is -1.04. The second kappa shape index (κ2) is 7.84. The molecule has 1 amide bonds. The highest BCUT2D eigenvalue weighted by atomic mass is 32.2. The average molecular weight is 461 g/mol. The van der Waals surface area contributed by atoms with Crippen molar-refractivity contribution < 1.29 is 22.3 Å². The van der Waals surface area contributed by atoms with Crippen molar-refractivity contribution in [2.45, 2.75) is 42.9 Å². The molecule has 4 rings (SSSR count). The topological polar surface area (TPSA) is 121 Å². The van der Waals surface area contributed by atoms with E-state index in [4.69, 9.17) is 10.1 Å². The molecule has 8 nitrogen and oxygen atoms in total. The van der Waals surface area contributed by atoms with E-state index in [1.54, 1.807) is 13.0 Å². The molecular weight excluding hydrogens is 435 g/mol. The van der Waals surface area contributed by atoms with Gasteiger partial charge in [-0.2, -0.15) is 0 Å². The van der Waals surface area contributed by atoms with Crippen LogP contribution in [0.2, 0.25) is 0 Å². The second-order valence-electron chi connectivity index (χ2n) is 8.52. The number of amidine groups is 1. The van der Waals surface area contributed by atoms with E-state index in [0.29, 0.717) is 18.6 Å². The lowest BCUT2D eigenvalue weighted by molar-refractivity contribution is 0.102. The molecule has 0 radical (unpaired) electrons. The Kier molecular flexibility index (Phi) is 5.44. The molecule has 32 heavy (non-hydrogen) atoms. The normalized spacial score (nSPS) is 23.5. The zero-order chi connectivity index (χ0) is 23.1. The quantitative estimate of drug-likeness (QED) is 0.645. The lowest BCUT2D eigenvalue weighted by Gasteiger charge is -2.44. The van der Waals surface area contributed by atoms with Crippen molar-refractivity contribution in [3.63, 3.8) is 0 Å². The van der Waals surface area contributed by atoms with Crippen LogP contribution in [0.4, 0.5) is 10.1 Å². The number of nitrogens with one attached hydrogen (secondary N) is 3. The summed E-state index contributed by atoms with van der Waals surface area (Å²) >= 11 is 0. The van der Waals surface area contributed by atoms with Crippen LogP contribution in [-0.4, -0.2) is 42.8 Å². The van der Waals surface area contributed by atoms with E-state index < -0.39 is 31.8 Å². The molecule has 0 bridgehead atoms. The van der Waals surface area contributed by atoms with Gasteiger partial charge in [-0.25, -0.2) is 17.8 Å². The lowest BCUT2D eigenvalue weighted by atomic mass is 9.90. The Morgan fingerprint density at radius 2 is 1.97 bits per heavy atom. The Morgan fingerprint density at radius 1 is 1.25 bits per heavy atom. The Morgan fingerprint density at radius 3 is 2.56 bits per heavy atom. The van der Waals surface area contributed by atoms with Crippen LogP contribution in [0.5, 0.6) is 5.75 Å². The van der Waals surface area contributed by atoms with Gasteiger partial charge in [-0.1, -0.05) is 12.8 Å². The summed E-state index contributed by atoms with van der Waals surface area (Å²) in [5, 5.41) is 14.1. The zero-order valence-electron chi connectivity index (χ0n) is 17.9. The molecule has 10 heteroatoms. The number of ether oxygens (including phenoxy) is 1. The van der Waals surface area contributed by atoms with Crippen LogP contribution in [0.3, 0.4) is 0 Å². The van der Waals surface area contributed by atoms with Crippen molar-refractivity contribution >= 4 is 27.3 Å². The molecule has 1 atom stereocenters. The fraction of sp³-hybridized carbons (Fsp3) is 0.409. The summed E-state index contributed by atoms with van der Waals surface area (Å²) < 4.78 is 45.1. The first kappa shape index (κ1) is 22.2. The number of hydrogen-bond donors (Lipinski definition) is 3. The first-order valence-corrected chi connectivity index (χ1v) is 12.0. The van der Waals surface area contributed by atoms with Crippen LogP contribution in [0, 0.1) is 11.2 Å². The third-order valence-electron chi connectivity index (χ3n) is 6.37. The van der Waals surface area contributed by atoms with Gasteiger partial charge < -0.3 is 15.4 Å². The van der Waals surface area contributed by atoms with Gasteiger partial charge in [-0.3, -0.25) is 10.2 Å². The molecule has 2 fully saturated rings. The number of hydrogen-bond acceptors (Lipinski definition) is 6. The Balaban J connectivity index is 1.62. The number of pyridine rings is 1. The first-order valence-electron chi connectivity index (χ1n) is 10.3. The van der Waals surface area contributed by atoms with Gasteiger partial charge in [0, 0.05) is 11.3 Å². The molecular formula is C22H25FN4O4S. The highest BCUT2D eigenvalue weighted by molar-refractivity contribution is 7.93. The van der Waals surface area contributed by atoms with Gasteiger partial charge in [0.05, 0.1) is 24.6 Å². The van der Waals surface area contributed by atoms with Gasteiger partial charge in [-0.15, -0.1) is 0 Å². The van der Waals surface area contributed by atoms with Crippen molar-refractivity contribution in [1.29, 1.82) is 5.41 Å². The van der Waals surface area contributed by atoms with Crippen LogP contribution in [0.15, 0.2) is 36.5 Å². The minimum absolute atomic E-state index is 0.0687. The number of anilines is 1. The maximum Gasteiger partial charge on any atom is 0.274 e. The average Bonchev–Trinajstić information content (AvgIpc) is 3.26. The standard InChI is InChI=1S/C22H25FN4O4S/c1-21(13-32(29,30)22(20(24)27-21)9-3-4-10-22)16-11-14(5-7-17(16)23)26-19(28)18-8-6-15(31-2)12-25-18/h5-8,11-12H,3-4,9-10,13H2,1-2H3,(H2,24,27)(H,26,28)/t21-/m0/s1. The maximum atomic E-state index is 14.8. The number of nitrogens with zero attached hydrogens (tertiary/aromatic N) is 1. The second-order valence-corrected chi connectivity index (χ2v) is 10.8.